The Balaban J connectivity index is 0. The maximum Gasteiger partial charge on any atom is 0.438 e. The van der Waals surface area contributed by atoms with Crippen LogP contribution >= 0.6 is 0 Å². The number of unbranched alkanes of at least 4 members (excludes halogenated alkanes) is 3. The first-order chi connectivity index (χ1) is 14.0. The minimum absolute atomic E-state index is 0.146. The predicted octanol–water partition coefficient (Wildman–Crippen LogP) is 5.75. The molecular weight excluding hydrogens is 502 g/mol. The molecule has 0 rings (SSSR count). The molecular formula is C15H21F12NO3S. The summed E-state index contributed by atoms with van der Waals surface area (Å²) in [5.41, 5.74) is 4.91. The van der Waals surface area contributed by atoms with Crippen LogP contribution in [0.2, 0.25) is 0 Å². The van der Waals surface area contributed by atoms with Crippen molar-refractivity contribution in [2.45, 2.75) is 73.9 Å². The summed E-state index contributed by atoms with van der Waals surface area (Å²) in [5, 5.41) is -7.40. The highest BCUT2D eigenvalue weighted by Gasteiger charge is 2.91. The van der Waals surface area contributed by atoms with Gasteiger partial charge >= 0.3 is 45.0 Å². The minimum Gasteiger partial charge on any atom is -0.327 e. The van der Waals surface area contributed by atoms with Crippen molar-refractivity contribution in [2.75, 3.05) is 6.54 Å². The molecule has 32 heavy (non-hydrogen) atoms. The smallest absolute Gasteiger partial charge is 0.327 e. The normalized spacial score (nSPS) is 14.6. The zero-order valence-electron chi connectivity index (χ0n) is 16.3. The molecule has 0 saturated heterocycles. The average molecular weight is 523 g/mol. The quantitative estimate of drug-likeness (QED) is 0.148. The third-order valence-corrected chi connectivity index (χ3v) is 4.75. The molecule has 0 fully saturated rings. The van der Waals surface area contributed by atoms with Crippen molar-refractivity contribution in [1.29, 1.82) is 0 Å². The topological polar surface area (TPSA) is 80.4 Å². The van der Waals surface area contributed by atoms with E-state index in [9.17, 15) is 61.1 Å². The van der Waals surface area contributed by atoms with Crippen LogP contribution in [-0.4, -0.2) is 54.4 Å². The molecule has 3 N–H and O–H groups in total. The maximum atomic E-state index is 13.4. The third-order valence-electron chi connectivity index (χ3n) is 3.84. The Bertz CT molecular complexity index is 710. The molecule has 194 valence electrons. The van der Waals surface area contributed by atoms with Crippen LogP contribution in [0, 0.1) is 0 Å². The zero-order valence-corrected chi connectivity index (χ0v) is 17.1. The standard InChI is InChI=1S/C12H14F12O3S.C3H7N/c1-2-3-4-5-6-7(13,14)8(15,16)9(17,18)10(19,20)11(21,22)12(23,24)28(25,26)27;1-2-3-4/h2-6H2,1H3,(H,25,26,27);2H,1,3-4H2. The fourth-order valence-corrected chi connectivity index (χ4v) is 2.35. The van der Waals surface area contributed by atoms with Crippen LogP contribution in [0.1, 0.15) is 39.0 Å². The predicted molar refractivity (Wildman–Crippen MR) is 89.2 cm³/mol. The number of halogens is 12. The van der Waals surface area contributed by atoms with Crippen LogP contribution in [0.5, 0.6) is 0 Å². The van der Waals surface area contributed by atoms with E-state index >= 15 is 0 Å². The fraction of sp³-hybridized carbons (Fsp3) is 0.867. The molecule has 0 radical (unpaired) electrons. The molecule has 0 aromatic heterocycles. The van der Waals surface area contributed by atoms with E-state index in [1.165, 1.54) is 6.92 Å². The zero-order chi connectivity index (χ0) is 26.4. The van der Waals surface area contributed by atoms with E-state index in [1.807, 2.05) is 0 Å². The van der Waals surface area contributed by atoms with Gasteiger partial charge in [0.2, 0.25) is 0 Å². The summed E-state index contributed by atoms with van der Waals surface area (Å²) in [6.45, 7) is 5.46. The molecule has 0 aliphatic rings. The molecule has 0 unspecified atom stereocenters. The van der Waals surface area contributed by atoms with E-state index in [0.717, 1.165) is 0 Å². The van der Waals surface area contributed by atoms with Crippen LogP contribution < -0.4 is 5.73 Å². The van der Waals surface area contributed by atoms with Crippen LogP contribution in [0.4, 0.5) is 52.7 Å². The van der Waals surface area contributed by atoms with E-state index in [-0.39, 0.29) is 12.8 Å². The summed E-state index contributed by atoms with van der Waals surface area (Å²) in [5.74, 6) is -37.1. The average Bonchev–Trinajstić information content (AvgIpc) is 2.63. The molecule has 0 aromatic rings. The number of alkyl halides is 12. The molecule has 0 bridgehead atoms. The summed E-state index contributed by atoms with van der Waals surface area (Å²) in [4.78, 5) is 0. The molecule has 0 aliphatic heterocycles. The number of nitrogens with two attached hydrogens (primary N) is 1. The largest absolute Gasteiger partial charge is 0.438 e. The second kappa shape index (κ2) is 10.8. The minimum atomic E-state index is -8.02. The second-order valence-corrected chi connectivity index (χ2v) is 7.79. The molecule has 0 saturated carbocycles. The number of hydrogen-bond donors (Lipinski definition) is 2. The number of rotatable bonds is 12. The molecule has 0 atom stereocenters. The van der Waals surface area contributed by atoms with E-state index in [4.69, 9.17) is 10.3 Å². The first kappa shape index (κ1) is 32.9. The Morgan fingerprint density at radius 2 is 1.16 bits per heavy atom. The van der Waals surface area contributed by atoms with Gasteiger partial charge in [-0.05, 0) is 6.42 Å². The maximum absolute atomic E-state index is 13.4. The van der Waals surface area contributed by atoms with Gasteiger partial charge in [-0.15, -0.1) is 6.58 Å². The lowest BCUT2D eigenvalue weighted by atomic mass is 9.91. The van der Waals surface area contributed by atoms with Gasteiger partial charge < -0.3 is 5.73 Å². The van der Waals surface area contributed by atoms with Crippen molar-refractivity contribution in [3.05, 3.63) is 12.7 Å². The second-order valence-electron chi connectivity index (χ2n) is 6.33. The van der Waals surface area contributed by atoms with Crippen LogP contribution in [-0.2, 0) is 10.1 Å². The summed E-state index contributed by atoms with van der Waals surface area (Å²) >= 11 is 0. The highest BCUT2D eigenvalue weighted by atomic mass is 32.2. The van der Waals surface area contributed by atoms with Gasteiger partial charge in [-0.25, -0.2) is 0 Å². The van der Waals surface area contributed by atoms with Crippen molar-refractivity contribution in [2.24, 2.45) is 5.73 Å². The Labute approximate surface area is 175 Å². The fourth-order valence-electron chi connectivity index (χ4n) is 1.90. The summed E-state index contributed by atoms with van der Waals surface area (Å²) in [7, 11) is -7.53. The van der Waals surface area contributed by atoms with Gasteiger partial charge in [0.25, 0.3) is 0 Å². The van der Waals surface area contributed by atoms with Crippen molar-refractivity contribution in [3.8, 4) is 0 Å². The molecule has 0 heterocycles. The van der Waals surface area contributed by atoms with Gasteiger partial charge in [0.15, 0.2) is 0 Å². The lowest BCUT2D eigenvalue weighted by Gasteiger charge is -2.40. The Morgan fingerprint density at radius 1 is 0.781 bits per heavy atom. The Hall–Kier alpha value is -1.23. The highest BCUT2D eigenvalue weighted by molar-refractivity contribution is 7.87. The van der Waals surface area contributed by atoms with Gasteiger partial charge in [-0.3, -0.25) is 4.55 Å². The van der Waals surface area contributed by atoms with Gasteiger partial charge in [-0.1, -0.05) is 32.3 Å². The summed E-state index contributed by atoms with van der Waals surface area (Å²) < 4.78 is 187. The van der Waals surface area contributed by atoms with E-state index in [0.29, 0.717) is 13.0 Å². The first-order valence-electron chi connectivity index (χ1n) is 8.52. The van der Waals surface area contributed by atoms with E-state index in [1.54, 1.807) is 6.08 Å². The van der Waals surface area contributed by atoms with Gasteiger partial charge in [0, 0.05) is 13.0 Å². The molecule has 0 aromatic carbocycles. The van der Waals surface area contributed by atoms with E-state index in [2.05, 4.69) is 6.58 Å². The summed E-state index contributed by atoms with van der Waals surface area (Å²) in [6, 6.07) is 0. The lowest BCUT2D eigenvalue weighted by molar-refractivity contribution is -0.417. The van der Waals surface area contributed by atoms with Crippen molar-refractivity contribution >= 4 is 10.1 Å². The van der Waals surface area contributed by atoms with Crippen molar-refractivity contribution in [3.63, 3.8) is 0 Å². The molecule has 4 nitrogen and oxygen atoms in total. The van der Waals surface area contributed by atoms with Gasteiger partial charge in [0.05, 0.1) is 0 Å². The van der Waals surface area contributed by atoms with Gasteiger partial charge in [0.1, 0.15) is 0 Å². The number of hydrogen-bond acceptors (Lipinski definition) is 3. The molecule has 17 heteroatoms. The Kier molecular flexibility index (Phi) is 11.1. The molecule has 0 spiro atoms. The Morgan fingerprint density at radius 3 is 1.47 bits per heavy atom. The lowest BCUT2D eigenvalue weighted by Crippen LogP contribution is -2.71. The van der Waals surface area contributed by atoms with Crippen LogP contribution in [0.25, 0.3) is 0 Å². The third kappa shape index (κ3) is 6.01. The monoisotopic (exact) mass is 523 g/mol. The summed E-state index contributed by atoms with van der Waals surface area (Å²) in [6.07, 6.45) is -1.19. The molecule has 0 amide bonds. The van der Waals surface area contributed by atoms with Gasteiger partial charge in [-0.2, -0.15) is 61.1 Å². The first-order valence-corrected chi connectivity index (χ1v) is 9.96. The van der Waals surface area contributed by atoms with Crippen LogP contribution in [0.3, 0.4) is 0 Å². The van der Waals surface area contributed by atoms with Crippen molar-refractivity contribution < 1.29 is 65.7 Å². The SMILES string of the molecule is C=CCN.CCCCCCC(F)(F)C(F)(F)C(F)(F)C(F)(F)C(F)(F)C(F)(F)S(=O)(=O)O. The van der Waals surface area contributed by atoms with E-state index < -0.39 is 57.8 Å². The van der Waals surface area contributed by atoms with Crippen molar-refractivity contribution in [1.82, 2.24) is 0 Å². The molecule has 0 aliphatic carbocycles. The van der Waals surface area contributed by atoms with Crippen LogP contribution in [0.15, 0.2) is 12.7 Å². The highest BCUT2D eigenvalue weighted by Crippen LogP contribution is 2.61.